The predicted molar refractivity (Wildman–Crippen MR) is 65.5 cm³/mol. The molecule has 0 aromatic carbocycles. The lowest BCUT2D eigenvalue weighted by Crippen LogP contribution is -2.67. The average Bonchev–Trinajstić information content (AvgIpc) is 3.13. The Kier molecular flexibility index (Phi) is 3.17. The molecule has 2 aliphatic rings. The zero-order valence-electron chi connectivity index (χ0n) is 10.1. The van der Waals surface area contributed by atoms with Gasteiger partial charge in [0, 0.05) is 12.1 Å². The molecule has 17 heavy (non-hydrogen) atoms. The molecule has 0 radical (unpaired) electrons. The van der Waals surface area contributed by atoms with Crippen LogP contribution in [0.2, 0.25) is 0 Å². The summed E-state index contributed by atoms with van der Waals surface area (Å²) in [6.07, 6.45) is 2.02. The lowest BCUT2D eigenvalue weighted by molar-refractivity contribution is -0.153. The van der Waals surface area contributed by atoms with Gasteiger partial charge in [-0.1, -0.05) is 11.6 Å². The van der Waals surface area contributed by atoms with Crippen LogP contribution in [0.25, 0.3) is 0 Å². The van der Waals surface area contributed by atoms with Gasteiger partial charge in [-0.25, -0.2) is 0 Å². The lowest BCUT2D eigenvalue weighted by atomic mass is 9.89. The van der Waals surface area contributed by atoms with E-state index < -0.39 is 5.54 Å². The number of carbonyl (C=O) groups is 2. The third-order valence-corrected chi connectivity index (χ3v) is 4.06. The number of carbonyl (C=O) groups excluding carboxylic acids is 2. The van der Waals surface area contributed by atoms with Gasteiger partial charge in [0.25, 0.3) is 0 Å². The summed E-state index contributed by atoms with van der Waals surface area (Å²) in [5, 5.41) is 2.68. The number of nitrogens with zero attached hydrogens (tertiary/aromatic N) is 1. The van der Waals surface area contributed by atoms with E-state index in [1.807, 2.05) is 13.8 Å². The van der Waals surface area contributed by atoms with Crippen molar-refractivity contribution in [1.29, 1.82) is 0 Å². The van der Waals surface area contributed by atoms with Gasteiger partial charge in [0.05, 0.1) is 6.54 Å². The first-order valence-electron chi connectivity index (χ1n) is 5.84. The van der Waals surface area contributed by atoms with E-state index in [4.69, 9.17) is 11.6 Å². The van der Waals surface area contributed by atoms with Crippen molar-refractivity contribution in [1.82, 2.24) is 10.2 Å². The second kappa shape index (κ2) is 4.33. The highest BCUT2D eigenvalue weighted by Gasteiger charge is 2.54. The molecular formula is C12H17ClN2O2. The SMILES string of the molecule is CC(=CCl)CN1C(=O)CNC(=O)C1(C)C1CC1. The van der Waals surface area contributed by atoms with Crippen molar-refractivity contribution in [2.45, 2.75) is 32.2 Å². The minimum absolute atomic E-state index is 0.0307. The summed E-state index contributed by atoms with van der Waals surface area (Å²) in [5.74, 6) is 0.216. The van der Waals surface area contributed by atoms with E-state index in [0.717, 1.165) is 18.4 Å². The minimum atomic E-state index is -0.698. The highest BCUT2D eigenvalue weighted by Crippen LogP contribution is 2.44. The smallest absolute Gasteiger partial charge is 0.246 e. The molecule has 0 bridgehead atoms. The summed E-state index contributed by atoms with van der Waals surface area (Å²) in [5.41, 5.74) is 1.66. The number of hydrogen-bond acceptors (Lipinski definition) is 2. The van der Waals surface area contributed by atoms with E-state index in [-0.39, 0.29) is 24.3 Å². The molecule has 1 unspecified atom stereocenters. The first-order chi connectivity index (χ1) is 8.00. The standard InChI is InChI=1S/C12H17ClN2O2/c1-8(5-13)7-15-10(16)6-14-11(17)12(15,2)9-3-4-9/h5,9H,3-4,6-7H2,1-2H3,(H,14,17). The zero-order valence-corrected chi connectivity index (χ0v) is 10.9. The highest BCUT2D eigenvalue weighted by molar-refractivity contribution is 6.25. The fraction of sp³-hybridized carbons (Fsp3) is 0.667. The second-order valence-corrected chi connectivity index (χ2v) is 5.26. The number of piperazine rings is 1. The Morgan fingerprint density at radius 2 is 2.24 bits per heavy atom. The van der Waals surface area contributed by atoms with Gasteiger partial charge in [-0.3, -0.25) is 9.59 Å². The zero-order chi connectivity index (χ0) is 12.6. The van der Waals surface area contributed by atoms with Crippen LogP contribution in [-0.2, 0) is 9.59 Å². The van der Waals surface area contributed by atoms with Gasteiger partial charge in [-0.05, 0) is 38.2 Å². The normalized spacial score (nSPS) is 30.5. The van der Waals surface area contributed by atoms with Crippen LogP contribution in [0.1, 0.15) is 26.7 Å². The van der Waals surface area contributed by atoms with Crippen molar-refractivity contribution in [2.75, 3.05) is 13.1 Å². The van der Waals surface area contributed by atoms with Crippen molar-refractivity contribution in [2.24, 2.45) is 5.92 Å². The third-order valence-electron chi connectivity index (χ3n) is 3.69. The Hall–Kier alpha value is -1.03. The topological polar surface area (TPSA) is 49.4 Å². The second-order valence-electron chi connectivity index (χ2n) is 5.04. The number of halogens is 1. The van der Waals surface area contributed by atoms with Crippen LogP contribution < -0.4 is 5.32 Å². The molecular weight excluding hydrogens is 240 g/mol. The van der Waals surface area contributed by atoms with E-state index in [1.54, 1.807) is 4.90 Å². The molecule has 1 N–H and O–H groups in total. The quantitative estimate of drug-likeness (QED) is 0.826. The highest BCUT2D eigenvalue weighted by atomic mass is 35.5. The fourth-order valence-electron chi connectivity index (χ4n) is 2.40. The van der Waals surface area contributed by atoms with Crippen LogP contribution in [0.3, 0.4) is 0 Å². The van der Waals surface area contributed by atoms with Crippen molar-refractivity contribution in [3.8, 4) is 0 Å². The number of nitrogens with one attached hydrogen (secondary N) is 1. The molecule has 2 fully saturated rings. The van der Waals surface area contributed by atoms with Gasteiger partial charge >= 0.3 is 0 Å². The van der Waals surface area contributed by atoms with E-state index >= 15 is 0 Å². The summed E-state index contributed by atoms with van der Waals surface area (Å²) in [4.78, 5) is 25.7. The third kappa shape index (κ3) is 2.06. The maximum absolute atomic E-state index is 12.1. The molecule has 1 atom stereocenters. The first kappa shape index (κ1) is 12.4. The van der Waals surface area contributed by atoms with Crippen LogP contribution in [0.4, 0.5) is 0 Å². The molecule has 1 aliphatic carbocycles. The number of hydrogen-bond donors (Lipinski definition) is 1. The minimum Gasteiger partial charge on any atom is -0.345 e. The molecule has 5 heteroatoms. The molecule has 1 heterocycles. The Labute approximate surface area is 106 Å². The molecule has 2 amide bonds. The van der Waals surface area contributed by atoms with E-state index in [1.165, 1.54) is 5.54 Å². The van der Waals surface area contributed by atoms with Crippen LogP contribution in [0.5, 0.6) is 0 Å². The lowest BCUT2D eigenvalue weighted by Gasteiger charge is -2.44. The van der Waals surface area contributed by atoms with Gasteiger partial charge in [0.2, 0.25) is 11.8 Å². The van der Waals surface area contributed by atoms with Crippen LogP contribution >= 0.6 is 11.6 Å². The summed E-state index contributed by atoms with van der Waals surface area (Å²) < 4.78 is 0. The van der Waals surface area contributed by atoms with Crippen molar-refractivity contribution in [3.05, 3.63) is 11.1 Å². The van der Waals surface area contributed by atoms with Crippen molar-refractivity contribution < 1.29 is 9.59 Å². The predicted octanol–water partition coefficient (Wildman–Crippen LogP) is 1.26. The Balaban J connectivity index is 2.28. The molecule has 1 saturated heterocycles. The monoisotopic (exact) mass is 256 g/mol. The van der Waals surface area contributed by atoms with Gasteiger partial charge < -0.3 is 10.2 Å². The molecule has 2 rings (SSSR count). The molecule has 0 spiro atoms. The van der Waals surface area contributed by atoms with Crippen LogP contribution in [-0.4, -0.2) is 35.3 Å². The largest absolute Gasteiger partial charge is 0.345 e. The summed E-state index contributed by atoms with van der Waals surface area (Å²) in [6, 6.07) is 0. The van der Waals surface area contributed by atoms with E-state index in [2.05, 4.69) is 5.32 Å². The van der Waals surface area contributed by atoms with Crippen molar-refractivity contribution >= 4 is 23.4 Å². The molecule has 1 aliphatic heterocycles. The Morgan fingerprint density at radius 3 is 2.76 bits per heavy atom. The van der Waals surface area contributed by atoms with Gasteiger partial charge in [-0.15, -0.1) is 0 Å². The van der Waals surface area contributed by atoms with Gasteiger partial charge in [0.1, 0.15) is 5.54 Å². The summed E-state index contributed by atoms with van der Waals surface area (Å²) in [7, 11) is 0. The Bertz CT molecular complexity index is 390. The number of amides is 2. The summed E-state index contributed by atoms with van der Waals surface area (Å²) >= 11 is 5.64. The first-order valence-corrected chi connectivity index (χ1v) is 6.28. The van der Waals surface area contributed by atoms with Crippen LogP contribution in [0.15, 0.2) is 11.1 Å². The maximum Gasteiger partial charge on any atom is 0.246 e. The molecule has 1 saturated carbocycles. The Morgan fingerprint density at radius 1 is 1.59 bits per heavy atom. The van der Waals surface area contributed by atoms with E-state index in [0.29, 0.717) is 6.54 Å². The molecule has 0 aromatic rings. The maximum atomic E-state index is 12.1. The fourth-order valence-corrected chi connectivity index (χ4v) is 2.47. The molecule has 4 nitrogen and oxygen atoms in total. The molecule has 0 aromatic heterocycles. The summed E-state index contributed by atoms with van der Waals surface area (Å²) in [6.45, 7) is 4.25. The average molecular weight is 257 g/mol. The van der Waals surface area contributed by atoms with Crippen molar-refractivity contribution in [3.63, 3.8) is 0 Å². The van der Waals surface area contributed by atoms with Gasteiger partial charge in [-0.2, -0.15) is 0 Å². The number of rotatable bonds is 3. The molecule has 94 valence electrons. The van der Waals surface area contributed by atoms with E-state index in [9.17, 15) is 9.59 Å². The van der Waals surface area contributed by atoms with Gasteiger partial charge in [0.15, 0.2) is 0 Å². The van der Waals surface area contributed by atoms with Crippen LogP contribution in [0, 0.1) is 5.92 Å².